The number of benzene rings is 1. The molecule has 1 aliphatic heterocycles. The molecule has 7 heteroatoms. The highest BCUT2D eigenvalue weighted by atomic mass is 32.1. The first-order valence-electron chi connectivity index (χ1n) is 8.50. The highest BCUT2D eigenvalue weighted by Crippen LogP contribution is 2.40. The van der Waals surface area contributed by atoms with Gasteiger partial charge in [0.2, 0.25) is 11.9 Å². The maximum absolute atomic E-state index is 6.29. The van der Waals surface area contributed by atoms with Crippen LogP contribution >= 0.6 is 11.3 Å². The average Bonchev–Trinajstić information content (AvgIpc) is 2.97. The number of rotatable bonds is 2. The number of hydrogen-bond acceptors (Lipinski definition) is 7. The molecule has 1 aliphatic carbocycles. The van der Waals surface area contributed by atoms with Crippen molar-refractivity contribution in [2.24, 2.45) is 21.5 Å². The molecule has 1 aromatic carbocycles. The number of hydrogen-bond donors (Lipinski definition) is 2. The molecule has 4 N–H and O–H groups in total. The zero-order valence-corrected chi connectivity index (χ0v) is 14.6. The van der Waals surface area contributed by atoms with E-state index >= 15 is 0 Å². The highest BCUT2D eigenvalue weighted by Gasteiger charge is 2.42. The molecule has 0 amide bonds. The number of nitrogens with two attached hydrogens (primary N) is 2. The van der Waals surface area contributed by atoms with Crippen molar-refractivity contribution in [3.8, 4) is 0 Å². The molecule has 0 radical (unpaired) electrons. The fraction of sp³-hybridized carbons (Fsp3) is 0.471. The lowest BCUT2D eigenvalue weighted by Crippen LogP contribution is -2.58. The van der Waals surface area contributed by atoms with E-state index in [2.05, 4.69) is 40.0 Å². The van der Waals surface area contributed by atoms with Gasteiger partial charge in [0, 0.05) is 5.69 Å². The van der Waals surface area contributed by atoms with Crippen LogP contribution in [0.5, 0.6) is 0 Å². The fourth-order valence-corrected chi connectivity index (χ4v) is 4.69. The molecule has 1 fully saturated rings. The number of guanidine groups is 2. The molecule has 2 heterocycles. The van der Waals surface area contributed by atoms with Crippen LogP contribution in [-0.2, 0) is 6.42 Å². The van der Waals surface area contributed by atoms with Gasteiger partial charge in [0.15, 0.2) is 0 Å². The Hall–Kier alpha value is -2.15. The van der Waals surface area contributed by atoms with E-state index in [0.29, 0.717) is 5.96 Å². The predicted molar refractivity (Wildman–Crippen MR) is 101 cm³/mol. The van der Waals surface area contributed by atoms with Crippen molar-refractivity contribution in [3.63, 3.8) is 0 Å². The van der Waals surface area contributed by atoms with E-state index in [-0.39, 0.29) is 11.6 Å². The summed E-state index contributed by atoms with van der Waals surface area (Å²) in [5.74, 6) is 0.724. The lowest BCUT2D eigenvalue weighted by molar-refractivity contribution is 0.305. The third-order valence-corrected chi connectivity index (χ3v) is 5.99. The van der Waals surface area contributed by atoms with Crippen molar-refractivity contribution in [1.82, 2.24) is 4.98 Å². The first-order valence-corrected chi connectivity index (χ1v) is 9.32. The quantitative estimate of drug-likeness (QED) is 0.877. The van der Waals surface area contributed by atoms with Gasteiger partial charge in [0.1, 0.15) is 5.66 Å². The molecule has 1 aromatic heterocycles. The minimum atomic E-state index is -0.389. The van der Waals surface area contributed by atoms with Gasteiger partial charge in [-0.3, -0.25) is 4.90 Å². The largest absolute Gasteiger partial charge is 0.369 e. The molecule has 24 heavy (non-hydrogen) atoms. The third-order valence-electron chi connectivity index (χ3n) is 4.83. The van der Waals surface area contributed by atoms with Crippen LogP contribution in [0.25, 0.3) is 10.2 Å². The summed E-state index contributed by atoms with van der Waals surface area (Å²) in [6.45, 7) is 2.13. The van der Waals surface area contributed by atoms with E-state index in [1.165, 1.54) is 11.1 Å². The normalized spacial score (nSPS) is 20.3. The van der Waals surface area contributed by atoms with Crippen LogP contribution in [0.2, 0.25) is 0 Å². The smallest absolute Gasteiger partial charge is 0.220 e. The summed E-state index contributed by atoms with van der Waals surface area (Å²) in [6.07, 6.45) is 6.34. The molecule has 6 nitrogen and oxygen atoms in total. The molecule has 0 atom stereocenters. The van der Waals surface area contributed by atoms with Crippen molar-refractivity contribution >= 4 is 39.2 Å². The molecule has 4 rings (SSSR count). The fourth-order valence-electron chi connectivity index (χ4n) is 3.75. The van der Waals surface area contributed by atoms with Crippen LogP contribution in [-0.4, -0.2) is 22.6 Å². The van der Waals surface area contributed by atoms with Crippen LogP contribution < -0.4 is 16.4 Å². The van der Waals surface area contributed by atoms with Gasteiger partial charge in [-0.05, 0) is 50.3 Å². The Balaban J connectivity index is 1.81. The lowest BCUT2D eigenvalue weighted by atomic mass is 9.87. The van der Waals surface area contributed by atoms with E-state index < -0.39 is 0 Å². The Morgan fingerprint density at radius 2 is 2.00 bits per heavy atom. The van der Waals surface area contributed by atoms with E-state index in [1.54, 1.807) is 11.3 Å². The van der Waals surface area contributed by atoms with Gasteiger partial charge >= 0.3 is 0 Å². The summed E-state index contributed by atoms with van der Waals surface area (Å²) in [6, 6.07) is 6.28. The Morgan fingerprint density at radius 1 is 1.21 bits per heavy atom. The topological polar surface area (TPSA) is 92.9 Å². The maximum atomic E-state index is 6.29. The standard InChI is InChI=1S/C17H22N6S/c1-2-14-20-12-7-6-11(10-13(12)24-14)23-16(19)21-15(18)22-17(23)8-4-3-5-9-17/h6-7,10H,2-5,8-9H2,1H3,(H4,18,19,21,22). The summed E-state index contributed by atoms with van der Waals surface area (Å²) < 4.78 is 1.17. The van der Waals surface area contributed by atoms with Crippen molar-refractivity contribution in [1.29, 1.82) is 0 Å². The van der Waals surface area contributed by atoms with Crippen LogP contribution in [0.3, 0.4) is 0 Å². The van der Waals surface area contributed by atoms with Crippen LogP contribution in [0, 0.1) is 0 Å². The second kappa shape index (κ2) is 5.73. The van der Waals surface area contributed by atoms with Gasteiger partial charge in [-0.1, -0.05) is 13.3 Å². The number of aryl methyl sites for hydroxylation is 1. The lowest BCUT2D eigenvalue weighted by Gasteiger charge is -2.45. The second-order valence-electron chi connectivity index (χ2n) is 6.43. The van der Waals surface area contributed by atoms with Crippen molar-refractivity contribution in [2.75, 3.05) is 4.90 Å². The highest BCUT2D eigenvalue weighted by molar-refractivity contribution is 7.18. The summed E-state index contributed by atoms with van der Waals surface area (Å²) in [7, 11) is 0. The third kappa shape index (κ3) is 2.43. The number of fused-ring (bicyclic) bond motifs is 1. The molecular weight excluding hydrogens is 320 g/mol. The van der Waals surface area contributed by atoms with Gasteiger partial charge < -0.3 is 11.5 Å². The van der Waals surface area contributed by atoms with Crippen LogP contribution in [0.15, 0.2) is 28.2 Å². The monoisotopic (exact) mass is 342 g/mol. The summed E-state index contributed by atoms with van der Waals surface area (Å²) >= 11 is 1.73. The first-order chi connectivity index (χ1) is 11.6. The molecule has 0 bridgehead atoms. The SMILES string of the molecule is CCc1nc2ccc(N3C(N)=NC(N)=NC34CCCCC4)cc2s1. The van der Waals surface area contributed by atoms with Gasteiger partial charge in [-0.15, -0.1) is 11.3 Å². The second-order valence-corrected chi connectivity index (χ2v) is 7.55. The van der Waals surface area contributed by atoms with Gasteiger partial charge in [-0.2, -0.15) is 4.99 Å². The molecule has 0 unspecified atom stereocenters. The molecule has 2 aliphatic rings. The molecule has 2 aromatic rings. The summed E-state index contributed by atoms with van der Waals surface area (Å²) in [5.41, 5.74) is 13.9. The van der Waals surface area contributed by atoms with Gasteiger partial charge in [0.25, 0.3) is 0 Å². The van der Waals surface area contributed by atoms with Gasteiger partial charge in [-0.25, -0.2) is 9.98 Å². The Labute approximate surface area is 145 Å². The number of aromatic nitrogens is 1. The molecular formula is C17H22N6S. The van der Waals surface area contributed by atoms with Crippen molar-refractivity contribution in [3.05, 3.63) is 23.2 Å². The Morgan fingerprint density at radius 3 is 2.75 bits per heavy atom. The average molecular weight is 342 g/mol. The van der Waals surface area contributed by atoms with E-state index in [9.17, 15) is 0 Å². The predicted octanol–water partition coefficient (Wildman–Crippen LogP) is 2.97. The molecule has 0 saturated heterocycles. The Kier molecular flexibility index (Phi) is 3.68. The van der Waals surface area contributed by atoms with E-state index in [1.807, 2.05) is 0 Å². The maximum Gasteiger partial charge on any atom is 0.220 e. The minimum absolute atomic E-state index is 0.290. The zero-order valence-electron chi connectivity index (χ0n) is 13.8. The summed E-state index contributed by atoms with van der Waals surface area (Å²) in [5, 5.41) is 1.15. The number of aliphatic imine (C=N–C) groups is 2. The van der Waals surface area contributed by atoms with Crippen molar-refractivity contribution in [2.45, 2.75) is 51.1 Å². The number of thiazole rings is 1. The van der Waals surface area contributed by atoms with E-state index in [0.717, 1.165) is 48.3 Å². The zero-order chi connectivity index (χ0) is 16.7. The summed E-state index contributed by atoms with van der Waals surface area (Å²) in [4.78, 5) is 15.7. The first kappa shape index (κ1) is 15.4. The molecule has 126 valence electrons. The van der Waals surface area contributed by atoms with Crippen LogP contribution in [0.4, 0.5) is 5.69 Å². The molecule has 1 saturated carbocycles. The Bertz CT molecular complexity index is 831. The molecule has 1 spiro atoms. The minimum Gasteiger partial charge on any atom is -0.369 e. The number of anilines is 1. The van der Waals surface area contributed by atoms with Crippen molar-refractivity contribution < 1.29 is 0 Å². The number of nitrogens with zero attached hydrogens (tertiary/aromatic N) is 4. The van der Waals surface area contributed by atoms with Gasteiger partial charge in [0.05, 0.1) is 15.2 Å². The van der Waals surface area contributed by atoms with E-state index in [4.69, 9.17) is 16.5 Å². The van der Waals surface area contributed by atoms with Crippen LogP contribution in [0.1, 0.15) is 44.0 Å².